The van der Waals surface area contributed by atoms with Crippen molar-refractivity contribution in [2.75, 3.05) is 0 Å². The maximum Gasteiger partial charge on any atom is 0.241 e. The molecule has 2 heterocycles. The van der Waals surface area contributed by atoms with Gasteiger partial charge in [-0.1, -0.05) is 40.7 Å². The molecular weight excluding hydrogens is 268 g/mol. The number of nitrogens with zero attached hydrogens (tertiary/aromatic N) is 1. The Hall–Kier alpha value is -0.870. The van der Waals surface area contributed by atoms with Crippen LogP contribution in [0.25, 0.3) is 0 Å². The summed E-state index contributed by atoms with van der Waals surface area (Å²) in [5.74, 6) is 0.544. The third-order valence-electron chi connectivity index (χ3n) is 4.29. The molecule has 20 heavy (non-hydrogen) atoms. The molecule has 0 spiro atoms. The van der Waals surface area contributed by atoms with Crippen LogP contribution in [0, 0.1) is 11.3 Å². The molecule has 112 valence electrons. The van der Waals surface area contributed by atoms with Crippen molar-refractivity contribution in [3.05, 3.63) is 22.4 Å². The molecule has 0 aromatic carbocycles. The van der Waals surface area contributed by atoms with E-state index in [0.717, 1.165) is 0 Å². The first-order valence-corrected chi connectivity index (χ1v) is 8.23. The summed E-state index contributed by atoms with van der Waals surface area (Å²) in [5, 5.41) is 5.61. The van der Waals surface area contributed by atoms with Gasteiger partial charge in [-0.25, -0.2) is 0 Å². The minimum absolute atomic E-state index is 0.0177. The summed E-state index contributed by atoms with van der Waals surface area (Å²) in [5.41, 5.74) is 0.0682. The van der Waals surface area contributed by atoms with Crippen LogP contribution in [-0.4, -0.2) is 22.9 Å². The lowest BCUT2D eigenvalue weighted by Gasteiger charge is -2.38. The van der Waals surface area contributed by atoms with Gasteiger partial charge in [0.2, 0.25) is 5.91 Å². The van der Waals surface area contributed by atoms with Crippen molar-refractivity contribution in [1.82, 2.24) is 10.2 Å². The number of carbonyl (C=O) groups is 1. The van der Waals surface area contributed by atoms with Gasteiger partial charge in [0, 0.05) is 10.9 Å². The topological polar surface area (TPSA) is 32.3 Å². The molecule has 4 heteroatoms. The molecule has 3 unspecified atom stereocenters. The van der Waals surface area contributed by atoms with E-state index in [1.165, 1.54) is 4.88 Å². The zero-order valence-electron chi connectivity index (χ0n) is 13.3. The van der Waals surface area contributed by atoms with Gasteiger partial charge in [0.15, 0.2) is 0 Å². The minimum Gasteiger partial charge on any atom is -0.317 e. The van der Waals surface area contributed by atoms with E-state index in [4.69, 9.17) is 0 Å². The van der Waals surface area contributed by atoms with Crippen LogP contribution in [-0.2, 0) is 4.79 Å². The molecule has 1 aromatic heterocycles. The van der Waals surface area contributed by atoms with E-state index >= 15 is 0 Å². The first-order valence-electron chi connectivity index (χ1n) is 7.35. The summed E-state index contributed by atoms with van der Waals surface area (Å²) in [6.07, 6.45) is 0.0177. The van der Waals surface area contributed by atoms with E-state index in [9.17, 15) is 4.79 Å². The van der Waals surface area contributed by atoms with Crippen LogP contribution in [0.15, 0.2) is 17.5 Å². The van der Waals surface area contributed by atoms with E-state index in [-0.39, 0.29) is 29.6 Å². The molecule has 2 rings (SSSR count). The fourth-order valence-electron chi connectivity index (χ4n) is 2.58. The first-order chi connectivity index (χ1) is 9.23. The standard InChI is InChI=1S/C16H26N2OS/c1-10(2)13-15(19)18(11(3)16(4,5)6)14(17-13)12-8-7-9-20-12/h7-11,13-14,17H,1-6H3. The maximum absolute atomic E-state index is 12.8. The van der Waals surface area contributed by atoms with Crippen molar-refractivity contribution in [2.24, 2.45) is 11.3 Å². The summed E-state index contributed by atoms with van der Waals surface area (Å²) < 4.78 is 0. The Morgan fingerprint density at radius 1 is 1.30 bits per heavy atom. The Bertz CT molecular complexity index is 461. The van der Waals surface area contributed by atoms with Gasteiger partial charge in [-0.2, -0.15) is 0 Å². The third-order valence-corrected chi connectivity index (χ3v) is 5.21. The molecule has 0 radical (unpaired) electrons. The van der Waals surface area contributed by atoms with Crippen LogP contribution >= 0.6 is 11.3 Å². The van der Waals surface area contributed by atoms with Gasteiger partial charge in [-0.05, 0) is 29.7 Å². The molecule has 1 amide bonds. The van der Waals surface area contributed by atoms with Crippen molar-refractivity contribution in [3.63, 3.8) is 0 Å². The molecule has 1 aliphatic rings. The number of thiophene rings is 1. The molecule has 0 bridgehead atoms. The Balaban J connectivity index is 2.36. The number of amides is 1. The van der Waals surface area contributed by atoms with E-state index in [2.05, 4.69) is 69.3 Å². The van der Waals surface area contributed by atoms with E-state index in [1.54, 1.807) is 11.3 Å². The molecule has 1 N–H and O–H groups in total. The Morgan fingerprint density at radius 2 is 1.95 bits per heavy atom. The minimum atomic E-state index is -0.0769. The highest BCUT2D eigenvalue weighted by molar-refractivity contribution is 7.10. The van der Waals surface area contributed by atoms with E-state index in [1.807, 2.05) is 0 Å². The van der Waals surface area contributed by atoms with Crippen molar-refractivity contribution in [3.8, 4) is 0 Å². The average molecular weight is 294 g/mol. The highest BCUT2D eigenvalue weighted by Gasteiger charge is 2.45. The zero-order chi connectivity index (χ0) is 15.1. The Kier molecular flexibility index (Phi) is 4.26. The van der Waals surface area contributed by atoms with Crippen molar-refractivity contribution >= 4 is 17.2 Å². The number of rotatable bonds is 3. The largest absolute Gasteiger partial charge is 0.317 e. The van der Waals surface area contributed by atoms with Gasteiger partial charge < -0.3 is 4.90 Å². The highest BCUT2D eigenvalue weighted by Crippen LogP contribution is 2.37. The van der Waals surface area contributed by atoms with Crippen molar-refractivity contribution in [1.29, 1.82) is 0 Å². The molecule has 0 aliphatic carbocycles. The van der Waals surface area contributed by atoms with Crippen LogP contribution in [0.4, 0.5) is 0 Å². The second kappa shape index (κ2) is 5.49. The summed E-state index contributed by atoms with van der Waals surface area (Å²) in [6.45, 7) is 12.9. The van der Waals surface area contributed by atoms with Gasteiger partial charge in [0.1, 0.15) is 6.17 Å². The molecule has 1 fully saturated rings. The fourth-order valence-corrected chi connectivity index (χ4v) is 3.37. The normalized spacial score (nSPS) is 25.6. The van der Waals surface area contributed by atoms with Crippen LogP contribution < -0.4 is 5.32 Å². The molecule has 3 nitrogen and oxygen atoms in total. The predicted molar refractivity (Wildman–Crippen MR) is 84.6 cm³/mol. The van der Waals surface area contributed by atoms with Crippen LogP contribution in [0.1, 0.15) is 52.6 Å². The molecule has 1 aliphatic heterocycles. The van der Waals surface area contributed by atoms with Gasteiger partial charge in [-0.3, -0.25) is 10.1 Å². The van der Waals surface area contributed by atoms with Crippen LogP contribution in [0.2, 0.25) is 0 Å². The Morgan fingerprint density at radius 3 is 2.40 bits per heavy atom. The second-order valence-corrected chi connectivity index (χ2v) is 8.07. The number of nitrogens with one attached hydrogen (secondary N) is 1. The molecule has 1 saturated heterocycles. The van der Waals surface area contributed by atoms with Crippen molar-refractivity contribution < 1.29 is 4.79 Å². The van der Waals surface area contributed by atoms with E-state index < -0.39 is 0 Å². The predicted octanol–water partition coefficient (Wildman–Crippen LogP) is 3.64. The second-order valence-electron chi connectivity index (χ2n) is 7.09. The number of hydrogen-bond donors (Lipinski definition) is 1. The molecular formula is C16H26N2OS. The lowest BCUT2D eigenvalue weighted by Crippen LogP contribution is -2.45. The van der Waals surface area contributed by atoms with Crippen LogP contribution in [0.3, 0.4) is 0 Å². The fraction of sp³-hybridized carbons (Fsp3) is 0.688. The SMILES string of the molecule is CC(C)C1NC(c2cccs2)N(C(C)C(C)(C)C)C1=O. The first kappa shape index (κ1) is 15.5. The summed E-state index contributed by atoms with van der Waals surface area (Å²) >= 11 is 1.71. The lowest BCUT2D eigenvalue weighted by molar-refractivity contribution is -0.134. The smallest absolute Gasteiger partial charge is 0.241 e. The average Bonchev–Trinajstić information content (AvgIpc) is 2.93. The van der Waals surface area contributed by atoms with Crippen LogP contribution in [0.5, 0.6) is 0 Å². The van der Waals surface area contributed by atoms with Gasteiger partial charge in [0.25, 0.3) is 0 Å². The monoisotopic (exact) mass is 294 g/mol. The van der Waals surface area contributed by atoms with Gasteiger partial charge >= 0.3 is 0 Å². The molecule has 3 atom stereocenters. The lowest BCUT2D eigenvalue weighted by atomic mass is 9.86. The number of carbonyl (C=O) groups excluding carboxylic acids is 1. The highest BCUT2D eigenvalue weighted by atomic mass is 32.1. The number of hydrogen-bond acceptors (Lipinski definition) is 3. The molecule has 1 aromatic rings. The quantitative estimate of drug-likeness (QED) is 0.923. The summed E-state index contributed by atoms with van der Waals surface area (Å²) in [6, 6.07) is 4.28. The Labute approximate surface area is 126 Å². The summed E-state index contributed by atoms with van der Waals surface area (Å²) in [7, 11) is 0. The third kappa shape index (κ3) is 2.77. The molecule has 0 saturated carbocycles. The van der Waals surface area contributed by atoms with E-state index in [0.29, 0.717) is 5.92 Å². The maximum atomic E-state index is 12.8. The van der Waals surface area contributed by atoms with Gasteiger partial charge in [0.05, 0.1) is 6.04 Å². The zero-order valence-corrected chi connectivity index (χ0v) is 14.1. The summed E-state index contributed by atoms with van der Waals surface area (Å²) in [4.78, 5) is 16.1. The van der Waals surface area contributed by atoms with Gasteiger partial charge in [-0.15, -0.1) is 11.3 Å². The van der Waals surface area contributed by atoms with Crippen molar-refractivity contribution in [2.45, 2.75) is 59.8 Å².